The van der Waals surface area contributed by atoms with Gasteiger partial charge in [-0.1, -0.05) is 6.92 Å². The Hall–Kier alpha value is -1.24. The van der Waals surface area contributed by atoms with Crippen molar-refractivity contribution < 1.29 is 9.59 Å². The van der Waals surface area contributed by atoms with Crippen LogP contribution in [0.1, 0.15) is 58.3 Å². The van der Waals surface area contributed by atoms with Crippen LogP contribution in [-0.4, -0.2) is 24.2 Å². The van der Waals surface area contributed by atoms with Crippen LogP contribution < -0.4 is 0 Å². The zero-order chi connectivity index (χ0) is 14.4. The minimum atomic E-state index is 0.199. The fourth-order valence-electron chi connectivity index (χ4n) is 3.92. The molecular weight excluding hydrogens is 252 g/mol. The Morgan fingerprint density at radius 2 is 1.50 bits per heavy atom. The predicted molar refractivity (Wildman–Crippen MR) is 76.9 cm³/mol. The third kappa shape index (κ3) is 4.13. The second kappa shape index (κ2) is 7.52. The fourth-order valence-corrected chi connectivity index (χ4v) is 3.92. The van der Waals surface area contributed by atoms with Crippen molar-refractivity contribution in [3.05, 3.63) is 0 Å². The highest BCUT2D eigenvalue weighted by atomic mass is 16.1. The van der Waals surface area contributed by atoms with E-state index in [4.69, 9.17) is 0 Å². The van der Waals surface area contributed by atoms with Crippen LogP contribution in [0.2, 0.25) is 0 Å². The molecule has 4 heteroatoms. The molecule has 110 valence electrons. The van der Waals surface area contributed by atoms with E-state index in [0.717, 1.165) is 37.5 Å². The van der Waals surface area contributed by atoms with E-state index in [2.05, 4.69) is 16.9 Å². The van der Waals surface area contributed by atoms with Gasteiger partial charge in [-0.2, -0.15) is 0 Å². The Bertz CT molecular complexity index is 403. The number of rotatable bonds is 4. The molecule has 0 spiro atoms. The first kappa shape index (κ1) is 15.2. The number of aliphatic imine (C=N–C) groups is 2. The third-order valence-corrected chi connectivity index (χ3v) is 5.26. The molecule has 2 rings (SSSR count). The average Bonchev–Trinajstić information content (AvgIpc) is 2.45. The quantitative estimate of drug-likeness (QED) is 0.583. The fraction of sp³-hybridized carbons (Fsp3) is 0.875. The number of carbonyl (C=O) groups excluding carboxylic acids is 2. The number of isocyanates is 2. The molecule has 2 aliphatic carbocycles. The summed E-state index contributed by atoms with van der Waals surface area (Å²) in [5.74, 6) is 2.17. The minimum absolute atomic E-state index is 0.199. The van der Waals surface area contributed by atoms with Crippen LogP contribution in [0.15, 0.2) is 9.98 Å². The molecule has 3 atom stereocenters. The lowest BCUT2D eigenvalue weighted by Gasteiger charge is -2.36. The van der Waals surface area contributed by atoms with Gasteiger partial charge in [0.1, 0.15) is 0 Å². The lowest BCUT2D eigenvalue weighted by atomic mass is 9.71. The largest absolute Gasteiger partial charge is 0.235 e. The van der Waals surface area contributed by atoms with Gasteiger partial charge in [0.15, 0.2) is 0 Å². The van der Waals surface area contributed by atoms with Crippen LogP contribution in [0.25, 0.3) is 0 Å². The van der Waals surface area contributed by atoms with Crippen molar-refractivity contribution in [3.8, 4) is 0 Å². The van der Waals surface area contributed by atoms with Crippen LogP contribution in [0.4, 0.5) is 0 Å². The second-order valence-corrected chi connectivity index (χ2v) is 6.56. The molecule has 0 radical (unpaired) electrons. The summed E-state index contributed by atoms with van der Waals surface area (Å²) >= 11 is 0. The highest BCUT2D eigenvalue weighted by Gasteiger charge is 2.31. The Morgan fingerprint density at radius 1 is 0.900 bits per heavy atom. The normalized spacial score (nSPS) is 37.5. The molecular formula is C16H24N2O2. The summed E-state index contributed by atoms with van der Waals surface area (Å²) in [5, 5.41) is 0. The topological polar surface area (TPSA) is 58.9 Å². The average molecular weight is 276 g/mol. The van der Waals surface area contributed by atoms with Crippen LogP contribution in [0, 0.1) is 17.8 Å². The van der Waals surface area contributed by atoms with Crippen molar-refractivity contribution >= 4 is 12.2 Å². The molecule has 2 fully saturated rings. The van der Waals surface area contributed by atoms with E-state index < -0.39 is 0 Å². The summed E-state index contributed by atoms with van der Waals surface area (Å²) in [4.78, 5) is 28.5. The summed E-state index contributed by atoms with van der Waals surface area (Å²) < 4.78 is 0. The summed E-state index contributed by atoms with van der Waals surface area (Å²) in [7, 11) is 0. The Labute approximate surface area is 120 Å². The second-order valence-electron chi connectivity index (χ2n) is 6.56. The van der Waals surface area contributed by atoms with Gasteiger partial charge in [0, 0.05) is 0 Å². The van der Waals surface area contributed by atoms with Crippen molar-refractivity contribution in [2.75, 3.05) is 0 Å². The molecule has 0 bridgehead atoms. The van der Waals surface area contributed by atoms with E-state index in [1.165, 1.54) is 25.7 Å². The van der Waals surface area contributed by atoms with E-state index in [1.54, 1.807) is 12.2 Å². The monoisotopic (exact) mass is 276 g/mol. The summed E-state index contributed by atoms with van der Waals surface area (Å²) in [5.41, 5.74) is 0. The Balaban J connectivity index is 1.83. The summed E-state index contributed by atoms with van der Waals surface area (Å²) in [6, 6.07) is 0.407. The van der Waals surface area contributed by atoms with Crippen LogP contribution in [-0.2, 0) is 9.59 Å². The highest BCUT2D eigenvalue weighted by Crippen LogP contribution is 2.39. The van der Waals surface area contributed by atoms with Gasteiger partial charge in [-0.3, -0.25) is 0 Å². The summed E-state index contributed by atoms with van der Waals surface area (Å²) in [6.45, 7) is 2.33. The number of hydrogen-bond acceptors (Lipinski definition) is 4. The summed E-state index contributed by atoms with van der Waals surface area (Å²) in [6.07, 6.45) is 12.3. The first-order chi connectivity index (χ1) is 9.72. The van der Waals surface area contributed by atoms with Gasteiger partial charge < -0.3 is 0 Å². The maximum absolute atomic E-state index is 10.4. The molecule has 2 saturated carbocycles. The van der Waals surface area contributed by atoms with Gasteiger partial charge in [-0.25, -0.2) is 19.6 Å². The smallest absolute Gasteiger partial charge is 0.211 e. The highest BCUT2D eigenvalue weighted by molar-refractivity contribution is 5.33. The molecule has 0 N–H and O–H groups in total. The Kier molecular flexibility index (Phi) is 5.70. The van der Waals surface area contributed by atoms with E-state index in [9.17, 15) is 9.59 Å². The van der Waals surface area contributed by atoms with Crippen LogP contribution >= 0.6 is 0 Å². The maximum Gasteiger partial charge on any atom is 0.235 e. The first-order valence-electron chi connectivity index (χ1n) is 7.87. The molecule has 0 heterocycles. The first-order valence-corrected chi connectivity index (χ1v) is 7.87. The van der Waals surface area contributed by atoms with Gasteiger partial charge in [0.05, 0.1) is 12.1 Å². The van der Waals surface area contributed by atoms with E-state index in [-0.39, 0.29) is 12.1 Å². The van der Waals surface area contributed by atoms with Crippen LogP contribution in [0.3, 0.4) is 0 Å². The van der Waals surface area contributed by atoms with Gasteiger partial charge in [0.2, 0.25) is 12.2 Å². The molecule has 0 aliphatic heterocycles. The van der Waals surface area contributed by atoms with Gasteiger partial charge in [0.25, 0.3) is 0 Å². The molecule has 0 saturated heterocycles. The van der Waals surface area contributed by atoms with Gasteiger partial charge in [-0.15, -0.1) is 0 Å². The number of nitrogens with zero attached hydrogens (tertiary/aromatic N) is 2. The zero-order valence-corrected chi connectivity index (χ0v) is 12.3. The van der Waals surface area contributed by atoms with Gasteiger partial charge in [-0.05, 0) is 69.1 Å². The van der Waals surface area contributed by atoms with E-state index >= 15 is 0 Å². The lowest BCUT2D eigenvalue weighted by Crippen LogP contribution is -2.28. The molecule has 2 aliphatic rings. The SMILES string of the molecule is CC1CCC(N=C=O)CC1CC1CCC(N=C=O)CC1. The minimum Gasteiger partial charge on any atom is -0.211 e. The van der Waals surface area contributed by atoms with Gasteiger partial charge >= 0.3 is 0 Å². The van der Waals surface area contributed by atoms with Crippen LogP contribution in [0.5, 0.6) is 0 Å². The third-order valence-electron chi connectivity index (χ3n) is 5.26. The molecule has 3 unspecified atom stereocenters. The molecule has 0 amide bonds. The van der Waals surface area contributed by atoms with Crippen molar-refractivity contribution in [1.82, 2.24) is 0 Å². The van der Waals surface area contributed by atoms with Crippen molar-refractivity contribution in [1.29, 1.82) is 0 Å². The zero-order valence-electron chi connectivity index (χ0n) is 12.3. The number of hydrogen-bond donors (Lipinski definition) is 0. The lowest BCUT2D eigenvalue weighted by molar-refractivity contribution is 0.172. The molecule has 4 nitrogen and oxygen atoms in total. The van der Waals surface area contributed by atoms with Crippen molar-refractivity contribution in [3.63, 3.8) is 0 Å². The predicted octanol–water partition coefficient (Wildman–Crippen LogP) is 3.41. The molecule has 0 aromatic carbocycles. The van der Waals surface area contributed by atoms with E-state index in [1.807, 2.05) is 0 Å². The van der Waals surface area contributed by atoms with Crippen molar-refractivity contribution in [2.24, 2.45) is 27.7 Å². The Morgan fingerprint density at radius 3 is 2.15 bits per heavy atom. The van der Waals surface area contributed by atoms with Crippen molar-refractivity contribution in [2.45, 2.75) is 70.4 Å². The molecule has 20 heavy (non-hydrogen) atoms. The molecule has 0 aromatic rings. The maximum atomic E-state index is 10.4. The standard InChI is InChI=1S/C16H24N2O2/c1-12-2-5-16(18-11-20)9-14(12)8-13-3-6-15(7-4-13)17-10-19/h12-16H,2-9H2,1H3. The van der Waals surface area contributed by atoms with E-state index in [0.29, 0.717) is 5.92 Å². The molecule has 0 aromatic heterocycles.